The van der Waals surface area contributed by atoms with Gasteiger partial charge in [0.2, 0.25) is 0 Å². The van der Waals surface area contributed by atoms with E-state index in [9.17, 15) is 5.11 Å². The Kier molecular flexibility index (Phi) is 6.89. The number of ether oxygens (including phenoxy) is 1. The maximum Gasteiger partial charge on any atom is 0.119 e. The van der Waals surface area contributed by atoms with Crippen molar-refractivity contribution in [1.82, 2.24) is 5.32 Å². The number of hydrogen-bond acceptors (Lipinski definition) is 3. The maximum atomic E-state index is 10.4. The van der Waals surface area contributed by atoms with Crippen LogP contribution in [0.25, 0.3) is 0 Å². The van der Waals surface area contributed by atoms with Crippen molar-refractivity contribution < 1.29 is 9.84 Å². The molecule has 0 aliphatic carbocycles. The van der Waals surface area contributed by atoms with E-state index in [1.165, 1.54) is 0 Å². The van der Waals surface area contributed by atoms with Gasteiger partial charge in [-0.3, -0.25) is 0 Å². The maximum absolute atomic E-state index is 10.4. The first-order valence-corrected chi connectivity index (χ1v) is 7.25. The smallest absolute Gasteiger partial charge is 0.119 e. The standard InChI is InChI=1S/C16H27NO2/c1-5-11-19-14-9-7-13(8-10-14)16(18)15(6-2)17-12(3)4/h7-10,12,15-18H,5-6,11H2,1-4H3. The lowest BCUT2D eigenvalue weighted by Crippen LogP contribution is -2.38. The van der Waals surface area contributed by atoms with Crippen LogP contribution in [0.4, 0.5) is 0 Å². The van der Waals surface area contributed by atoms with Crippen molar-refractivity contribution in [2.45, 2.75) is 58.7 Å². The Morgan fingerprint density at radius 3 is 2.26 bits per heavy atom. The number of benzene rings is 1. The molecule has 3 heteroatoms. The Morgan fingerprint density at radius 1 is 1.16 bits per heavy atom. The summed E-state index contributed by atoms with van der Waals surface area (Å²) >= 11 is 0. The molecule has 1 rings (SSSR count). The summed E-state index contributed by atoms with van der Waals surface area (Å²) in [5, 5.41) is 13.8. The minimum atomic E-state index is -0.479. The molecular weight excluding hydrogens is 238 g/mol. The van der Waals surface area contributed by atoms with Crippen LogP contribution in [0.2, 0.25) is 0 Å². The van der Waals surface area contributed by atoms with Crippen LogP contribution in [0.15, 0.2) is 24.3 Å². The Balaban J connectivity index is 2.67. The van der Waals surface area contributed by atoms with E-state index in [2.05, 4.69) is 33.0 Å². The summed E-state index contributed by atoms with van der Waals surface area (Å²) in [6, 6.07) is 8.20. The van der Waals surface area contributed by atoms with Crippen molar-refractivity contribution in [2.24, 2.45) is 0 Å². The van der Waals surface area contributed by atoms with E-state index in [0.29, 0.717) is 6.04 Å². The van der Waals surface area contributed by atoms with Gasteiger partial charge in [-0.25, -0.2) is 0 Å². The van der Waals surface area contributed by atoms with Crippen LogP contribution < -0.4 is 10.1 Å². The van der Waals surface area contributed by atoms with E-state index in [-0.39, 0.29) is 6.04 Å². The first-order chi connectivity index (χ1) is 9.08. The number of nitrogens with one attached hydrogen (secondary N) is 1. The highest BCUT2D eigenvalue weighted by atomic mass is 16.5. The number of aliphatic hydroxyl groups excluding tert-OH is 1. The second-order valence-electron chi connectivity index (χ2n) is 5.20. The molecule has 0 bridgehead atoms. The van der Waals surface area contributed by atoms with Gasteiger partial charge in [-0.2, -0.15) is 0 Å². The summed E-state index contributed by atoms with van der Waals surface area (Å²) in [6.07, 6.45) is 1.42. The highest BCUT2D eigenvalue weighted by Gasteiger charge is 2.19. The van der Waals surface area contributed by atoms with E-state index in [4.69, 9.17) is 4.74 Å². The Morgan fingerprint density at radius 2 is 1.79 bits per heavy atom. The lowest BCUT2D eigenvalue weighted by Gasteiger charge is -2.25. The average Bonchev–Trinajstić information content (AvgIpc) is 2.42. The van der Waals surface area contributed by atoms with Crippen LogP contribution in [-0.2, 0) is 0 Å². The van der Waals surface area contributed by atoms with E-state index in [0.717, 1.165) is 30.8 Å². The van der Waals surface area contributed by atoms with E-state index in [1.54, 1.807) is 0 Å². The molecule has 2 unspecified atom stereocenters. The fraction of sp³-hybridized carbons (Fsp3) is 0.625. The van der Waals surface area contributed by atoms with Crippen molar-refractivity contribution in [3.63, 3.8) is 0 Å². The molecule has 1 aromatic rings. The van der Waals surface area contributed by atoms with E-state index < -0.39 is 6.10 Å². The van der Waals surface area contributed by atoms with Crippen molar-refractivity contribution in [2.75, 3.05) is 6.61 Å². The van der Waals surface area contributed by atoms with Gasteiger partial charge in [-0.05, 0) is 30.5 Å². The summed E-state index contributed by atoms with van der Waals surface area (Å²) in [5.41, 5.74) is 0.934. The molecule has 0 aromatic heterocycles. The van der Waals surface area contributed by atoms with E-state index in [1.807, 2.05) is 24.3 Å². The molecule has 0 saturated heterocycles. The molecule has 0 aliphatic rings. The predicted molar refractivity (Wildman–Crippen MR) is 79.5 cm³/mol. The van der Waals surface area contributed by atoms with Gasteiger partial charge in [0.25, 0.3) is 0 Å². The summed E-state index contributed by atoms with van der Waals surface area (Å²) in [7, 11) is 0. The zero-order valence-electron chi connectivity index (χ0n) is 12.5. The third-order valence-electron chi connectivity index (χ3n) is 3.06. The SMILES string of the molecule is CCCOc1ccc(C(O)C(CC)NC(C)C)cc1. The average molecular weight is 265 g/mol. The fourth-order valence-electron chi connectivity index (χ4n) is 2.07. The van der Waals surface area contributed by atoms with Gasteiger partial charge in [0.1, 0.15) is 5.75 Å². The van der Waals surface area contributed by atoms with Gasteiger partial charge in [0.05, 0.1) is 12.7 Å². The normalized spacial score (nSPS) is 14.4. The van der Waals surface area contributed by atoms with Gasteiger partial charge in [0, 0.05) is 12.1 Å². The lowest BCUT2D eigenvalue weighted by molar-refractivity contribution is 0.121. The largest absolute Gasteiger partial charge is 0.494 e. The lowest BCUT2D eigenvalue weighted by atomic mass is 9.99. The Hall–Kier alpha value is -1.06. The van der Waals surface area contributed by atoms with Crippen molar-refractivity contribution in [3.05, 3.63) is 29.8 Å². The third-order valence-corrected chi connectivity index (χ3v) is 3.06. The first kappa shape index (κ1) is 16.0. The molecule has 0 amide bonds. The molecule has 108 valence electrons. The second-order valence-corrected chi connectivity index (χ2v) is 5.20. The van der Waals surface area contributed by atoms with Crippen molar-refractivity contribution >= 4 is 0 Å². The van der Waals surface area contributed by atoms with Gasteiger partial charge >= 0.3 is 0 Å². The number of aliphatic hydroxyl groups is 1. The fourth-order valence-corrected chi connectivity index (χ4v) is 2.07. The van der Waals surface area contributed by atoms with Gasteiger partial charge in [-0.15, -0.1) is 0 Å². The van der Waals surface area contributed by atoms with Crippen LogP contribution in [-0.4, -0.2) is 23.8 Å². The molecular formula is C16H27NO2. The molecule has 0 radical (unpaired) electrons. The summed E-state index contributed by atoms with van der Waals surface area (Å²) in [6.45, 7) is 9.09. The quantitative estimate of drug-likeness (QED) is 0.758. The number of rotatable bonds is 8. The predicted octanol–water partition coefficient (Wildman–Crippen LogP) is 3.29. The van der Waals surface area contributed by atoms with Crippen LogP contribution in [0.1, 0.15) is 52.2 Å². The topological polar surface area (TPSA) is 41.5 Å². The summed E-state index contributed by atoms with van der Waals surface area (Å²) in [4.78, 5) is 0. The molecule has 0 aliphatic heterocycles. The first-order valence-electron chi connectivity index (χ1n) is 7.25. The Labute approximate surface area is 117 Å². The zero-order valence-corrected chi connectivity index (χ0v) is 12.5. The minimum absolute atomic E-state index is 0.0856. The van der Waals surface area contributed by atoms with Crippen LogP contribution in [0.5, 0.6) is 5.75 Å². The molecule has 0 spiro atoms. The van der Waals surface area contributed by atoms with Gasteiger partial charge in [-0.1, -0.05) is 39.8 Å². The molecule has 2 N–H and O–H groups in total. The van der Waals surface area contributed by atoms with Crippen LogP contribution >= 0.6 is 0 Å². The molecule has 19 heavy (non-hydrogen) atoms. The molecule has 0 saturated carbocycles. The highest BCUT2D eigenvalue weighted by Crippen LogP contribution is 2.22. The molecule has 2 atom stereocenters. The van der Waals surface area contributed by atoms with Gasteiger partial charge in [0.15, 0.2) is 0 Å². The van der Waals surface area contributed by atoms with Crippen LogP contribution in [0, 0.1) is 0 Å². The van der Waals surface area contributed by atoms with Crippen molar-refractivity contribution in [3.8, 4) is 5.75 Å². The third kappa shape index (κ3) is 5.21. The Bertz CT molecular complexity index is 348. The minimum Gasteiger partial charge on any atom is -0.494 e. The molecule has 3 nitrogen and oxygen atoms in total. The number of hydrogen-bond donors (Lipinski definition) is 2. The van der Waals surface area contributed by atoms with Crippen LogP contribution in [0.3, 0.4) is 0 Å². The van der Waals surface area contributed by atoms with Gasteiger partial charge < -0.3 is 15.2 Å². The highest BCUT2D eigenvalue weighted by molar-refractivity contribution is 5.29. The molecule has 0 fully saturated rings. The summed E-state index contributed by atoms with van der Waals surface area (Å²) in [5.74, 6) is 0.864. The molecule has 1 aromatic carbocycles. The molecule has 0 heterocycles. The monoisotopic (exact) mass is 265 g/mol. The van der Waals surface area contributed by atoms with E-state index >= 15 is 0 Å². The summed E-state index contributed by atoms with van der Waals surface area (Å²) < 4.78 is 5.54. The second kappa shape index (κ2) is 8.18. The zero-order chi connectivity index (χ0) is 14.3. The van der Waals surface area contributed by atoms with Crippen molar-refractivity contribution in [1.29, 1.82) is 0 Å².